The van der Waals surface area contributed by atoms with Crippen LogP contribution >= 0.6 is 0 Å². The van der Waals surface area contributed by atoms with Gasteiger partial charge in [0.2, 0.25) is 0 Å². The van der Waals surface area contributed by atoms with Gasteiger partial charge < -0.3 is 4.98 Å². The van der Waals surface area contributed by atoms with Crippen molar-refractivity contribution >= 4 is 5.65 Å². The highest BCUT2D eigenvalue weighted by Gasteiger charge is 2.44. The average Bonchev–Trinajstić information content (AvgIpc) is 3.32. The summed E-state index contributed by atoms with van der Waals surface area (Å²) in [7, 11) is 0. The molecule has 1 fully saturated rings. The van der Waals surface area contributed by atoms with Gasteiger partial charge in [0.25, 0.3) is 5.56 Å². The summed E-state index contributed by atoms with van der Waals surface area (Å²) < 4.78 is 30.1. The van der Waals surface area contributed by atoms with Gasteiger partial charge in [-0.3, -0.25) is 9.78 Å². The molecule has 2 N–H and O–H groups in total. The molecule has 0 radical (unpaired) electrons. The summed E-state index contributed by atoms with van der Waals surface area (Å²) in [5, 5.41) is 17.1. The zero-order chi connectivity index (χ0) is 21.0. The first-order valence-electron chi connectivity index (χ1n) is 8.88. The largest absolute Gasteiger partial charge is 0.325 e. The minimum absolute atomic E-state index is 0.0862. The van der Waals surface area contributed by atoms with Crippen LogP contribution in [0.3, 0.4) is 0 Å². The molecule has 0 amide bonds. The van der Waals surface area contributed by atoms with Crippen molar-refractivity contribution in [2.24, 2.45) is 0 Å². The Morgan fingerprint density at radius 3 is 2.63 bits per heavy atom. The number of aromatic amines is 2. The van der Waals surface area contributed by atoms with E-state index >= 15 is 0 Å². The lowest BCUT2D eigenvalue weighted by molar-refractivity contribution is 0.554. The minimum atomic E-state index is -0.775. The Hall–Kier alpha value is -4.20. The highest BCUT2D eigenvalue weighted by atomic mass is 19.1. The van der Waals surface area contributed by atoms with Crippen molar-refractivity contribution < 1.29 is 8.78 Å². The molecule has 3 heterocycles. The van der Waals surface area contributed by atoms with Gasteiger partial charge >= 0.3 is 5.69 Å². The van der Waals surface area contributed by atoms with Gasteiger partial charge in [-0.2, -0.15) is 5.26 Å². The van der Waals surface area contributed by atoms with Gasteiger partial charge in [-0.05, 0) is 36.5 Å². The lowest BCUT2D eigenvalue weighted by Gasteiger charge is -2.08. The zero-order valence-electron chi connectivity index (χ0n) is 15.1. The highest BCUT2D eigenvalue weighted by Crippen LogP contribution is 2.56. The molecular weight excluding hydrogens is 396 g/mol. The van der Waals surface area contributed by atoms with Crippen molar-refractivity contribution in [1.82, 2.24) is 29.8 Å². The summed E-state index contributed by atoms with van der Waals surface area (Å²) in [5.74, 6) is -2.29. The fourth-order valence-corrected chi connectivity index (χ4v) is 3.71. The predicted molar refractivity (Wildman–Crippen MR) is 98.6 cm³/mol. The number of nitriles is 1. The molecule has 0 aliphatic heterocycles. The molecular formula is C19H11F2N7O2. The maximum Gasteiger partial charge on any atom is 0.325 e. The third-order valence-corrected chi connectivity index (χ3v) is 5.15. The number of halogens is 2. The maximum atomic E-state index is 14.5. The van der Waals surface area contributed by atoms with Crippen LogP contribution in [0.15, 0.2) is 40.3 Å². The van der Waals surface area contributed by atoms with Gasteiger partial charge in [0, 0.05) is 17.3 Å². The molecule has 0 saturated heterocycles. The Balaban J connectivity index is 1.61. The van der Waals surface area contributed by atoms with Crippen LogP contribution in [0.5, 0.6) is 0 Å². The Morgan fingerprint density at radius 1 is 1.17 bits per heavy atom. The predicted octanol–water partition coefficient (Wildman–Crippen LogP) is 1.59. The number of hydrogen-bond donors (Lipinski definition) is 2. The average molecular weight is 407 g/mol. The van der Waals surface area contributed by atoms with E-state index in [1.165, 1.54) is 17.2 Å². The van der Waals surface area contributed by atoms with Crippen LogP contribution in [0.25, 0.3) is 16.9 Å². The fourth-order valence-electron chi connectivity index (χ4n) is 3.71. The molecule has 4 aromatic rings. The molecule has 1 saturated carbocycles. The summed E-state index contributed by atoms with van der Waals surface area (Å²) in [4.78, 5) is 32.1. The van der Waals surface area contributed by atoms with E-state index in [9.17, 15) is 18.4 Å². The van der Waals surface area contributed by atoms with Crippen molar-refractivity contribution in [2.45, 2.75) is 18.3 Å². The number of aromatic nitrogens is 6. The molecule has 148 valence electrons. The quantitative estimate of drug-likeness (QED) is 0.530. The Morgan fingerprint density at radius 2 is 1.93 bits per heavy atom. The molecule has 30 heavy (non-hydrogen) atoms. The summed E-state index contributed by atoms with van der Waals surface area (Å²) in [6.45, 7) is 0. The van der Waals surface area contributed by atoms with E-state index in [0.717, 1.165) is 12.1 Å². The van der Waals surface area contributed by atoms with Crippen molar-refractivity contribution in [1.29, 1.82) is 5.26 Å². The van der Waals surface area contributed by atoms with Gasteiger partial charge in [0.15, 0.2) is 5.65 Å². The topological polar surface area (TPSA) is 133 Å². The van der Waals surface area contributed by atoms with Crippen LogP contribution < -0.4 is 11.2 Å². The standard InChI is InChI=1S/C19H11F2N7O2/c20-13-1-8(5-22)2-14(21)16(13)10-3-9(10)11-4-15(27-28-17(11)24-7-25-28)12-6-23-19(30)26-18(12)29/h1-2,4,6-7,9-10H,3H2,(H2,23,26,29,30)/t9?,10-/m1/s1. The zero-order valence-corrected chi connectivity index (χ0v) is 15.1. The van der Waals surface area contributed by atoms with Gasteiger partial charge in [-0.25, -0.2) is 18.6 Å². The molecule has 1 aliphatic rings. The lowest BCUT2D eigenvalue weighted by Crippen LogP contribution is -2.23. The fraction of sp³-hybridized carbons (Fsp3) is 0.158. The maximum absolute atomic E-state index is 14.5. The number of H-pyrrole nitrogens is 2. The molecule has 5 rings (SSSR count). The van der Waals surface area contributed by atoms with Crippen LogP contribution in [-0.4, -0.2) is 29.8 Å². The molecule has 1 aliphatic carbocycles. The summed E-state index contributed by atoms with van der Waals surface area (Å²) >= 11 is 0. The highest BCUT2D eigenvalue weighted by molar-refractivity contribution is 5.63. The molecule has 11 heteroatoms. The number of hydrogen-bond acceptors (Lipinski definition) is 6. The number of nitrogens with one attached hydrogen (secondary N) is 2. The van der Waals surface area contributed by atoms with Crippen molar-refractivity contribution in [3.8, 4) is 17.3 Å². The van der Waals surface area contributed by atoms with Gasteiger partial charge in [-0.15, -0.1) is 14.8 Å². The second-order valence-corrected chi connectivity index (χ2v) is 6.96. The first kappa shape index (κ1) is 17.9. The molecule has 0 bridgehead atoms. The van der Waals surface area contributed by atoms with E-state index in [1.807, 2.05) is 0 Å². The van der Waals surface area contributed by atoms with Crippen molar-refractivity contribution in [3.05, 3.63) is 79.9 Å². The summed E-state index contributed by atoms with van der Waals surface area (Å²) in [6.07, 6.45) is 2.97. The third-order valence-electron chi connectivity index (χ3n) is 5.15. The summed E-state index contributed by atoms with van der Waals surface area (Å²) in [5.41, 5.74) is -0.0924. The van der Waals surface area contributed by atoms with E-state index < -0.39 is 28.8 Å². The number of fused-ring (bicyclic) bond motifs is 1. The van der Waals surface area contributed by atoms with Crippen LogP contribution in [0, 0.1) is 23.0 Å². The SMILES string of the molecule is N#Cc1cc(F)c([C@@H]2CC2c2cc(-c3c[nH]c(=O)[nH]c3=O)nn3ncnc23)c(F)c1. The molecule has 2 atom stereocenters. The normalized spacial score (nSPS) is 17.8. The Bertz CT molecular complexity index is 1460. The Kier molecular flexibility index (Phi) is 3.82. The van der Waals surface area contributed by atoms with Crippen LogP contribution in [-0.2, 0) is 0 Å². The monoisotopic (exact) mass is 407 g/mol. The molecule has 0 spiro atoms. The van der Waals surface area contributed by atoms with E-state index in [1.54, 1.807) is 12.1 Å². The summed E-state index contributed by atoms with van der Waals surface area (Å²) in [6, 6.07) is 5.36. The van der Waals surface area contributed by atoms with E-state index in [0.29, 0.717) is 17.6 Å². The second-order valence-electron chi connectivity index (χ2n) is 6.96. The smallest absolute Gasteiger partial charge is 0.313 e. The van der Waals surface area contributed by atoms with Gasteiger partial charge in [0.05, 0.1) is 17.2 Å². The van der Waals surface area contributed by atoms with E-state index in [2.05, 4.69) is 25.1 Å². The van der Waals surface area contributed by atoms with Crippen LogP contribution in [0.1, 0.15) is 34.9 Å². The molecule has 9 nitrogen and oxygen atoms in total. The molecule has 3 aromatic heterocycles. The van der Waals surface area contributed by atoms with Gasteiger partial charge in [0.1, 0.15) is 23.7 Å². The minimum Gasteiger partial charge on any atom is -0.313 e. The van der Waals surface area contributed by atoms with E-state index in [4.69, 9.17) is 5.26 Å². The number of nitrogens with zero attached hydrogens (tertiary/aromatic N) is 5. The van der Waals surface area contributed by atoms with Crippen molar-refractivity contribution in [3.63, 3.8) is 0 Å². The first-order chi connectivity index (χ1) is 14.5. The second kappa shape index (κ2) is 6.41. The first-order valence-corrected chi connectivity index (χ1v) is 8.88. The van der Waals surface area contributed by atoms with Crippen molar-refractivity contribution in [2.75, 3.05) is 0 Å². The van der Waals surface area contributed by atoms with Crippen LogP contribution in [0.4, 0.5) is 8.78 Å². The number of rotatable bonds is 3. The Labute approximate surface area is 165 Å². The molecule has 1 aromatic carbocycles. The number of benzene rings is 1. The molecule has 1 unspecified atom stereocenters. The third kappa shape index (κ3) is 2.77. The van der Waals surface area contributed by atoms with Gasteiger partial charge in [-0.1, -0.05) is 0 Å². The van der Waals surface area contributed by atoms with E-state index in [-0.39, 0.29) is 28.3 Å². The van der Waals surface area contributed by atoms with Crippen LogP contribution in [0.2, 0.25) is 0 Å². The lowest BCUT2D eigenvalue weighted by atomic mass is 10.0.